The molecule has 0 aliphatic heterocycles. The number of hydrogen-bond acceptors (Lipinski definition) is 0. The first kappa shape index (κ1) is 13.3. The first-order valence-electron chi connectivity index (χ1n) is 2.00. The van der Waals surface area contributed by atoms with E-state index in [4.69, 9.17) is 0 Å². The van der Waals surface area contributed by atoms with Crippen molar-refractivity contribution in [3.05, 3.63) is 12.1 Å². The van der Waals surface area contributed by atoms with Crippen molar-refractivity contribution in [1.29, 1.82) is 0 Å². The molecule has 0 saturated carbocycles. The molecule has 0 rings (SSSR count). The Morgan fingerprint density at radius 3 is 1.89 bits per heavy atom. The topological polar surface area (TPSA) is 0 Å². The molecular formula is C3H4BBrF3K. The van der Waals surface area contributed by atoms with Crippen LogP contribution in [0.15, 0.2) is 12.1 Å². The number of rotatable bonds is 2. The minimum Gasteiger partial charge on any atom is -0.445 e. The van der Waals surface area contributed by atoms with Crippen LogP contribution in [0.4, 0.5) is 12.9 Å². The summed E-state index contributed by atoms with van der Waals surface area (Å²) in [5.41, 5.74) is 0. The Hall–Kier alpha value is 1.71. The van der Waals surface area contributed by atoms with Crippen LogP contribution in [0.5, 0.6) is 0 Å². The number of alkyl halides is 1. The van der Waals surface area contributed by atoms with E-state index in [0.717, 1.165) is 6.08 Å². The van der Waals surface area contributed by atoms with Crippen LogP contribution in [-0.2, 0) is 0 Å². The van der Waals surface area contributed by atoms with Gasteiger partial charge in [0.25, 0.3) is 0 Å². The van der Waals surface area contributed by atoms with E-state index in [1.165, 1.54) is 0 Å². The molecule has 0 N–H and O–H groups in total. The molecule has 0 spiro atoms. The normalized spacial score (nSPS) is 11.6. The largest absolute Gasteiger partial charge is 1.00 e. The Labute approximate surface area is 103 Å². The predicted molar refractivity (Wildman–Crippen MR) is 32.0 cm³/mol. The molecular weight excluding hydrogens is 223 g/mol. The summed E-state index contributed by atoms with van der Waals surface area (Å²) in [4.78, 5) is 0. The Morgan fingerprint density at radius 1 is 1.33 bits per heavy atom. The second-order valence-electron chi connectivity index (χ2n) is 1.21. The summed E-state index contributed by atoms with van der Waals surface area (Å²) in [7, 11) is 0. The van der Waals surface area contributed by atoms with E-state index in [1.54, 1.807) is 0 Å². The van der Waals surface area contributed by atoms with Gasteiger partial charge in [-0.15, -0.1) is 12.1 Å². The maximum Gasteiger partial charge on any atom is 1.00 e. The number of allylic oxidation sites excluding steroid dienone is 1. The molecule has 0 unspecified atom stereocenters. The molecule has 0 saturated heterocycles. The Balaban J connectivity index is 0. The monoisotopic (exact) mass is 226 g/mol. The third kappa shape index (κ3) is 12.8. The van der Waals surface area contributed by atoms with E-state index in [-0.39, 0.29) is 62.7 Å². The van der Waals surface area contributed by atoms with E-state index in [0.29, 0.717) is 0 Å². The SMILES string of the molecule is F[B-](F)(F)C=CCBr.[K+]. The van der Waals surface area contributed by atoms with Crippen molar-refractivity contribution in [2.45, 2.75) is 0 Å². The minimum atomic E-state index is -4.71. The molecule has 0 heterocycles. The van der Waals surface area contributed by atoms with Gasteiger partial charge in [0.2, 0.25) is 0 Å². The van der Waals surface area contributed by atoms with Gasteiger partial charge in [0.05, 0.1) is 0 Å². The molecule has 0 fully saturated rings. The predicted octanol–water partition coefficient (Wildman–Crippen LogP) is -0.672. The fourth-order valence-corrected chi connectivity index (χ4v) is 0.422. The van der Waals surface area contributed by atoms with E-state index >= 15 is 0 Å². The average molecular weight is 227 g/mol. The molecule has 0 aliphatic rings. The molecule has 0 nitrogen and oxygen atoms in total. The van der Waals surface area contributed by atoms with Crippen LogP contribution in [0.1, 0.15) is 0 Å². The summed E-state index contributed by atoms with van der Waals surface area (Å²) < 4.78 is 33.6. The Morgan fingerprint density at radius 2 is 1.78 bits per heavy atom. The second kappa shape index (κ2) is 6.42. The molecule has 48 valence electrons. The second-order valence-corrected chi connectivity index (χ2v) is 1.86. The van der Waals surface area contributed by atoms with Crippen molar-refractivity contribution in [3.8, 4) is 0 Å². The number of hydrogen-bond donors (Lipinski definition) is 0. The van der Waals surface area contributed by atoms with Gasteiger partial charge in [-0.05, 0) is 0 Å². The molecule has 6 heteroatoms. The maximum atomic E-state index is 11.2. The van der Waals surface area contributed by atoms with E-state index < -0.39 is 6.98 Å². The van der Waals surface area contributed by atoms with Crippen LogP contribution in [0.3, 0.4) is 0 Å². The van der Waals surface area contributed by atoms with Crippen LogP contribution in [-0.4, -0.2) is 12.3 Å². The zero-order valence-electron chi connectivity index (χ0n) is 4.95. The molecule has 9 heavy (non-hydrogen) atoms. The summed E-state index contributed by atoms with van der Waals surface area (Å²) in [5, 5.41) is 0.258. The van der Waals surface area contributed by atoms with Gasteiger partial charge in [-0.1, -0.05) is 15.9 Å². The molecule has 0 aromatic rings. The van der Waals surface area contributed by atoms with Crippen molar-refractivity contribution in [1.82, 2.24) is 0 Å². The number of halogens is 4. The molecule has 0 radical (unpaired) electrons. The van der Waals surface area contributed by atoms with Crippen molar-refractivity contribution in [2.24, 2.45) is 0 Å². The van der Waals surface area contributed by atoms with Crippen molar-refractivity contribution < 1.29 is 64.3 Å². The molecule has 0 amide bonds. The van der Waals surface area contributed by atoms with E-state index in [2.05, 4.69) is 15.9 Å². The maximum absolute atomic E-state index is 11.2. The molecule has 0 atom stereocenters. The molecule has 0 bridgehead atoms. The van der Waals surface area contributed by atoms with Gasteiger partial charge >= 0.3 is 58.4 Å². The van der Waals surface area contributed by atoms with Gasteiger partial charge in [-0.3, -0.25) is 0 Å². The van der Waals surface area contributed by atoms with Gasteiger partial charge in [0.1, 0.15) is 0 Å². The first-order valence-corrected chi connectivity index (χ1v) is 3.12. The van der Waals surface area contributed by atoms with Crippen molar-refractivity contribution in [3.63, 3.8) is 0 Å². The van der Waals surface area contributed by atoms with Gasteiger partial charge in [0, 0.05) is 5.33 Å². The summed E-state index contributed by atoms with van der Waals surface area (Å²) in [5.74, 6) is 0.259. The average Bonchev–Trinajstić information content (AvgIpc) is 1.59. The minimum absolute atomic E-state index is 0. The summed E-state index contributed by atoms with van der Waals surface area (Å²) in [6.07, 6.45) is 1.03. The van der Waals surface area contributed by atoms with Gasteiger partial charge in [-0.2, -0.15) is 0 Å². The third-order valence-electron chi connectivity index (χ3n) is 0.443. The van der Waals surface area contributed by atoms with Crippen LogP contribution in [0.2, 0.25) is 0 Å². The zero-order valence-corrected chi connectivity index (χ0v) is 9.66. The smallest absolute Gasteiger partial charge is 0.445 e. The van der Waals surface area contributed by atoms with Crippen molar-refractivity contribution >= 4 is 22.9 Å². The molecule has 0 aromatic carbocycles. The molecule has 0 aromatic heterocycles. The first-order chi connectivity index (χ1) is 3.56. The van der Waals surface area contributed by atoms with E-state index in [1.807, 2.05) is 0 Å². The van der Waals surface area contributed by atoms with Crippen LogP contribution in [0, 0.1) is 0 Å². The summed E-state index contributed by atoms with van der Waals surface area (Å²) in [6, 6.07) is 0. The van der Waals surface area contributed by atoms with Gasteiger partial charge in [-0.25, -0.2) is 0 Å². The summed E-state index contributed by atoms with van der Waals surface area (Å²) in [6.45, 7) is -4.71. The van der Waals surface area contributed by atoms with Crippen LogP contribution < -0.4 is 51.4 Å². The van der Waals surface area contributed by atoms with Crippen LogP contribution in [0.25, 0.3) is 0 Å². The van der Waals surface area contributed by atoms with Crippen molar-refractivity contribution in [2.75, 3.05) is 5.33 Å². The van der Waals surface area contributed by atoms with Gasteiger partial charge in [0.15, 0.2) is 0 Å². The van der Waals surface area contributed by atoms with E-state index in [9.17, 15) is 12.9 Å². The van der Waals surface area contributed by atoms with Crippen LogP contribution >= 0.6 is 15.9 Å². The Kier molecular flexibility index (Phi) is 9.50. The Bertz CT molecular complexity index is 91.5. The fourth-order valence-electron chi connectivity index (χ4n) is 0.206. The standard InChI is InChI=1S/C3H4BBrF3.K/c5-3-1-2-4(6,7)8;/h1-2H,3H2;/q-1;+1. The molecule has 0 aliphatic carbocycles. The quantitative estimate of drug-likeness (QED) is 0.433. The zero-order chi connectivity index (χ0) is 6.62. The third-order valence-corrected chi connectivity index (χ3v) is 0.817. The summed E-state index contributed by atoms with van der Waals surface area (Å²) >= 11 is 2.83. The van der Waals surface area contributed by atoms with Gasteiger partial charge < -0.3 is 12.9 Å². The fraction of sp³-hybridized carbons (Fsp3) is 0.333.